The maximum Gasteiger partial charge on any atom is 0.310 e. The first-order valence-corrected chi connectivity index (χ1v) is 9.49. The van der Waals surface area contributed by atoms with Gasteiger partial charge in [0.25, 0.3) is 0 Å². The highest BCUT2D eigenvalue weighted by Crippen LogP contribution is 2.25. The molecule has 3 N–H and O–H groups in total. The number of benzene rings is 3. The van der Waals surface area contributed by atoms with Gasteiger partial charge in [-0.05, 0) is 60.0 Å². The first-order valence-electron chi connectivity index (χ1n) is 8.74. The van der Waals surface area contributed by atoms with Crippen molar-refractivity contribution in [3.63, 3.8) is 0 Å². The number of aliphatic carboxylic acids is 1. The van der Waals surface area contributed by atoms with Gasteiger partial charge in [0, 0.05) is 16.1 Å². The number of carbonyl (C=O) groups is 1. The van der Waals surface area contributed by atoms with Crippen LogP contribution in [0.25, 0.3) is 10.8 Å². The predicted molar refractivity (Wildman–Crippen MR) is 116 cm³/mol. The molecule has 0 amide bonds. The lowest BCUT2D eigenvalue weighted by Crippen LogP contribution is -2.06. The summed E-state index contributed by atoms with van der Waals surface area (Å²) in [5, 5.41) is 12.3. The summed E-state index contributed by atoms with van der Waals surface area (Å²) >= 11 is 11.6. The standard InChI is InChI=1S/C14H14O3.C8H9Cl2N/c1-9(14(15)16)10-3-4-12-8-13(17-2)6-5-11(12)7-10;1-5(11)7-3-2-6(9)4-8(7)10/h3-9H,1-2H3,(H,15,16);2-5H,11H2,1H3/t9-;5-/m01/s1. The minimum absolute atomic E-state index is 0.0419. The van der Waals surface area contributed by atoms with E-state index in [1.165, 1.54) is 0 Å². The highest BCUT2D eigenvalue weighted by Gasteiger charge is 2.13. The van der Waals surface area contributed by atoms with Crippen molar-refractivity contribution in [3.8, 4) is 5.75 Å². The molecule has 0 aromatic heterocycles. The fourth-order valence-electron chi connectivity index (χ4n) is 2.65. The van der Waals surface area contributed by atoms with Crippen molar-refractivity contribution in [3.05, 3.63) is 75.8 Å². The van der Waals surface area contributed by atoms with E-state index < -0.39 is 11.9 Å². The Morgan fingerprint density at radius 2 is 1.64 bits per heavy atom. The molecule has 0 heterocycles. The Labute approximate surface area is 174 Å². The van der Waals surface area contributed by atoms with E-state index >= 15 is 0 Å². The minimum atomic E-state index is -0.808. The van der Waals surface area contributed by atoms with Gasteiger partial charge in [-0.15, -0.1) is 0 Å². The molecule has 0 aliphatic rings. The second-order valence-electron chi connectivity index (χ2n) is 6.49. The molecule has 28 heavy (non-hydrogen) atoms. The van der Waals surface area contributed by atoms with Crippen LogP contribution in [0.2, 0.25) is 10.0 Å². The van der Waals surface area contributed by atoms with Crippen molar-refractivity contribution in [2.24, 2.45) is 5.73 Å². The normalized spacial score (nSPS) is 12.6. The van der Waals surface area contributed by atoms with E-state index in [1.807, 2.05) is 49.4 Å². The molecular formula is C22H23Cl2NO3. The zero-order valence-electron chi connectivity index (χ0n) is 15.9. The van der Waals surface area contributed by atoms with Crippen LogP contribution in [0.5, 0.6) is 5.75 Å². The molecule has 0 saturated carbocycles. The lowest BCUT2D eigenvalue weighted by Gasteiger charge is -2.08. The Morgan fingerprint density at radius 1 is 1.00 bits per heavy atom. The van der Waals surface area contributed by atoms with Crippen molar-refractivity contribution in [2.75, 3.05) is 7.11 Å². The Hall–Kier alpha value is -2.27. The van der Waals surface area contributed by atoms with Crippen molar-refractivity contribution in [1.82, 2.24) is 0 Å². The van der Waals surface area contributed by atoms with Crippen LogP contribution in [0.3, 0.4) is 0 Å². The molecule has 0 spiro atoms. The highest BCUT2D eigenvalue weighted by molar-refractivity contribution is 6.35. The number of carboxylic acid groups (broad SMARTS) is 1. The van der Waals surface area contributed by atoms with Crippen LogP contribution in [0.1, 0.15) is 36.9 Å². The molecule has 4 nitrogen and oxygen atoms in total. The lowest BCUT2D eigenvalue weighted by molar-refractivity contribution is -0.138. The summed E-state index contributed by atoms with van der Waals surface area (Å²) in [4.78, 5) is 10.9. The van der Waals surface area contributed by atoms with Gasteiger partial charge >= 0.3 is 5.97 Å². The molecule has 0 aliphatic carbocycles. The van der Waals surface area contributed by atoms with Gasteiger partial charge in [-0.2, -0.15) is 0 Å². The number of hydrogen-bond acceptors (Lipinski definition) is 3. The maximum atomic E-state index is 10.9. The van der Waals surface area contributed by atoms with E-state index in [0.717, 1.165) is 27.6 Å². The molecule has 0 bridgehead atoms. The zero-order chi connectivity index (χ0) is 20.8. The average Bonchev–Trinajstić information content (AvgIpc) is 2.66. The van der Waals surface area contributed by atoms with Crippen molar-refractivity contribution in [1.29, 1.82) is 0 Å². The molecule has 148 valence electrons. The Morgan fingerprint density at radius 3 is 2.21 bits per heavy atom. The third-order valence-electron chi connectivity index (χ3n) is 4.39. The summed E-state index contributed by atoms with van der Waals surface area (Å²) in [6.07, 6.45) is 0. The van der Waals surface area contributed by atoms with E-state index in [2.05, 4.69) is 0 Å². The number of carboxylic acids is 1. The number of hydrogen-bond donors (Lipinski definition) is 2. The van der Waals surface area contributed by atoms with Crippen molar-refractivity contribution in [2.45, 2.75) is 25.8 Å². The van der Waals surface area contributed by atoms with E-state index in [-0.39, 0.29) is 6.04 Å². The van der Waals surface area contributed by atoms with Gasteiger partial charge in [-0.1, -0.05) is 53.5 Å². The van der Waals surface area contributed by atoms with Gasteiger partial charge in [0.1, 0.15) is 5.75 Å². The third-order valence-corrected chi connectivity index (χ3v) is 4.96. The summed E-state index contributed by atoms with van der Waals surface area (Å²) < 4.78 is 5.14. The van der Waals surface area contributed by atoms with Gasteiger partial charge in [-0.3, -0.25) is 4.79 Å². The molecule has 0 aliphatic heterocycles. The van der Waals surface area contributed by atoms with Crippen LogP contribution < -0.4 is 10.5 Å². The van der Waals surface area contributed by atoms with Crippen LogP contribution in [0.4, 0.5) is 0 Å². The van der Waals surface area contributed by atoms with E-state index in [4.69, 9.17) is 38.8 Å². The summed E-state index contributed by atoms with van der Waals surface area (Å²) in [7, 11) is 1.63. The number of halogens is 2. The van der Waals surface area contributed by atoms with Crippen LogP contribution in [0, 0.1) is 0 Å². The van der Waals surface area contributed by atoms with Gasteiger partial charge in [-0.25, -0.2) is 0 Å². The Balaban J connectivity index is 0.000000221. The monoisotopic (exact) mass is 419 g/mol. The van der Waals surface area contributed by atoms with Crippen molar-refractivity contribution < 1.29 is 14.6 Å². The summed E-state index contributed by atoms with van der Waals surface area (Å²) in [6, 6.07) is 16.7. The van der Waals surface area contributed by atoms with Gasteiger partial charge in [0.15, 0.2) is 0 Å². The zero-order valence-corrected chi connectivity index (χ0v) is 17.5. The fraction of sp³-hybridized carbons (Fsp3) is 0.227. The molecule has 0 fully saturated rings. The molecule has 3 aromatic carbocycles. The van der Waals surface area contributed by atoms with Crippen LogP contribution in [-0.4, -0.2) is 18.2 Å². The molecule has 0 saturated heterocycles. The van der Waals surface area contributed by atoms with Gasteiger partial charge in [0.05, 0.1) is 13.0 Å². The first-order chi connectivity index (χ1) is 13.2. The third kappa shape index (κ3) is 5.61. The smallest absolute Gasteiger partial charge is 0.310 e. The van der Waals surface area contributed by atoms with Crippen LogP contribution in [0.15, 0.2) is 54.6 Å². The Kier molecular flexibility index (Phi) is 7.69. The second kappa shape index (κ2) is 9.78. The highest BCUT2D eigenvalue weighted by atomic mass is 35.5. The lowest BCUT2D eigenvalue weighted by atomic mass is 9.98. The molecule has 2 atom stereocenters. The number of ether oxygens (including phenoxy) is 1. The predicted octanol–water partition coefficient (Wildman–Crippen LogP) is 6.05. The molecule has 0 radical (unpaired) electrons. The number of methoxy groups -OCH3 is 1. The number of nitrogens with two attached hydrogens (primary N) is 1. The molecule has 3 rings (SSSR count). The molecule has 6 heteroatoms. The summed E-state index contributed by atoms with van der Waals surface area (Å²) in [5.41, 5.74) is 7.38. The average molecular weight is 420 g/mol. The van der Waals surface area contributed by atoms with E-state index in [0.29, 0.717) is 10.0 Å². The molecule has 0 unspecified atom stereocenters. The van der Waals surface area contributed by atoms with E-state index in [9.17, 15) is 4.79 Å². The minimum Gasteiger partial charge on any atom is -0.497 e. The van der Waals surface area contributed by atoms with Crippen molar-refractivity contribution >= 4 is 39.9 Å². The molecule has 3 aromatic rings. The topological polar surface area (TPSA) is 72.5 Å². The number of fused-ring (bicyclic) bond motifs is 1. The van der Waals surface area contributed by atoms with Gasteiger partial charge in [0.2, 0.25) is 0 Å². The van der Waals surface area contributed by atoms with Crippen LogP contribution in [-0.2, 0) is 4.79 Å². The maximum absolute atomic E-state index is 10.9. The van der Waals surface area contributed by atoms with Crippen LogP contribution >= 0.6 is 23.2 Å². The fourth-order valence-corrected chi connectivity index (χ4v) is 3.23. The molecular weight excluding hydrogens is 397 g/mol. The van der Waals surface area contributed by atoms with Gasteiger partial charge < -0.3 is 15.6 Å². The SMILES string of the molecule is COc1ccc2cc([C@H](C)C(=O)O)ccc2c1.C[C@@H](N)c1ccc(Cl)cc1Cl. The Bertz CT molecular complexity index is 973. The summed E-state index contributed by atoms with van der Waals surface area (Å²) in [6.45, 7) is 3.57. The quantitative estimate of drug-likeness (QED) is 0.539. The second-order valence-corrected chi connectivity index (χ2v) is 7.33. The number of rotatable bonds is 4. The van der Waals surface area contributed by atoms with E-state index in [1.54, 1.807) is 26.2 Å². The largest absolute Gasteiger partial charge is 0.497 e. The first kappa shape index (κ1) is 22.0. The summed E-state index contributed by atoms with van der Waals surface area (Å²) in [5.74, 6) is -0.490.